The maximum Gasteiger partial charge on any atom is 0.0547 e. The number of nitrogens with one attached hydrogen (secondary N) is 1. The zero-order valence-electron chi connectivity index (χ0n) is 13.9. The number of benzene rings is 1. The van der Waals surface area contributed by atoms with Crippen LogP contribution in [0.1, 0.15) is 46.0 Å². The standard InChI is InChI=1S/C13H21N.C6H8N2/c1-3-11-7-6-10(2)13-12(9-11)5-4-8-14-13;7-5-3-1-2-4-6(5)8/h9,11,14H,3-8H2,1-2H3;1-4H,7-8H2. The Hall–Kier alpha value is -1.90. The minimum atomic E-state index is 0.646. The zero-order valence-corrected chi connectivity index (χ0v) is 13.9. The van der Waals surface area contributed by atoms with E-state index in [-0.39, 0.29) is 0 Å². The van der Waals surface area contributed by atoms with Gasteiger partial charge in [-0.05, 0) is 68.2 Å². The molecule has 1 aliphatic carbocycles. The van der Waals surface area contributed by atoms with Crippen molar-refractivity contribution in [2.75, 3.05) is 18.0 Å². The number of hydrogen-bond donors (Lipinski definition) is 3. The molecule has 0 spiro atoms. The van der Waals surface area contributed by atoms with Crippen LogP contribution >= 0.6 is 0 Å². The Balaban J connectivity index is 0.000000188. The van der Waals surface area contributed by atoms with E-state index in [2.05, 4.69) is 25.2 Å². The van der Waals surface area contributed by atoms with Crippen molar-refractivity contribution < 1.29 is 0 Å². The average molecular weight is 299 g/mol. The van der Waals surface area contributed by atoms with E-state index in [0.29, 0.717) is 11.4 Å². The van der Waals surface area contributed by atoms with Gasteiger partial charge in [-0.1, -0.05) is 25.1 Å². The van der Waals surface area contributed by atoms with Gasteiger partial charge in [0.05, 0.1) is 11.4 Å². The van der Waals surface area contributed by atoms with Crippen molar-refractivity contribution in [3.05, 3.63) is 47.2 Å². The van der Waals surface area contributed by atoms with Crippen LogP contribution in [0.25, 0.3) is 0 Å². The summed E-state index contributed by atoms with van der Waals surface area (Å²) in [5.74, 6) is 0.817. The molecule has 5 N–H and O–H groups in total. The summed E-state index contributed by atoms with van der Waals surface area (Å²) in [4.78, 5) is 0. The fourth-order valence-electron chi connectivity index (χ4n) is 3.05. The molecule has 3 rings (SSSR count). The van der Waals surface area contributed by atoms with E-state index in [9.17, 15) is 0 Å². The van der Waals surface area contributed by atoms with E-state index in [1.807, 2.05) is 12.1 Å². The Labute approximate surface area is 134 Å². The predicted octanol–water partition coefficient (Wildman–Crippen LogP) is 4.24. The SMILES string of the molecule is CCC1C=C2CCCNC2=C(C)CC1.Nc1ccccc1N. The number of fused-ring (bicyclic) bond motifs is 1. The second kappa shape index (κ2) is 7.92. The van der Waals surface area contributed by atoms with Gasteiger partial charge in [0.25, 0.3) is 0 Å². The van der Waals surface area contributed by atoms with Crippen LogP contribution in [0.2, 0.25) is 0 Å². The van der Waals surface area contributed by atoms with Crippen molar-refractivity contribution in [1.29, 1.82) is 0 Å². The molecule has 1 unspecified atom stereocenters. The first kappa shape index (κ1) is 16.5. The van der Waals surface area contributed by atoms with Crippen LogP contribution in [-0.4, -0.2) is 6.54 Å². The highest BCUT2D eigenvalue weighted by molar-refractivity contribution is 5.62. The second-order valence-electron chi connectivity index (χ2n) is 6.21. The lowest BCUT2D eigenvalue weighted by atomic mass is 9.96. The van der Waals surface area contributed by atoms with Crippen molar-refractivity contribution in [2.24, 2.45) is 5.92 Å². The molecule has 3 heteroatoms. The lowest BCUT2D eigenvalue weighted by Crippen LogP contribution is -2.23. The van der Waals surface area contributed by atoms with Gasteiger partial charge in [-0.15, -0.1) is 0 Å². The summed E-state index contributed by atoms with van der Waals surface area (Å²) in [5, 5.41) is 3.57. The van der Waals surface area contributed by atoms with Gasteiger partial charge in [0.2, 0.25) is 0 Å². The van der Waals surface area contributed by atoms with E-state index < -0.39 is 0 Å². The fraction of sp³-hybridized carbons (Fsp3) is 0.474. The van der Waals surface area contributed by atoms with Crippen LogP contribution in [0, 0.1) is 5.92 Å². The highest BCUT2D eigenvalue weighted by atomic mass is 14.9. The van der Waals surface area contributed by atoms with Crippen LogP contribution in [0.15, 0.2) is 47.2 Å². The smallest absolute Gasteiger partial charge is 0.0547 e. The first-order valence-corrected chi connectivity index (χ1v) is 8.36. The van der Waals surface area contributed by atoms with E-state index >= 15 is 0 Å². The monoisotopic (exact) mass is 299 g/mol. The molecule has 1 saturated heterocycles. The fourth-order valence-corrected chi connectivity index (χ4v) is 3.05. The molecule has 1 aliphatic heterocycles. The Kier molecular flexibility index (Phi) is 5.93. The quantitative estimate of drug-likeness (QED) is 0.680. The second-order valence-corrected chi connectivity index (χ2v) is 6.21. The molecule has 0 aromatic heterocycles. The third kappa shape index (κ3) is 4.30. The van der Waals surface area contributed by atoms with Gasteiger partial charge in [0, 0.05) is 12.2 Å². The van der Waals surface area contributed by atoms with Gasteiger partial charge in [0.15, 0.2) is 0 Å². The molecule has 0 radical (unpaired) electrons. The molecule has 120 valence electrons. The normalized spacial score (nSPS) is 20.8. The van der Waals surface area contributed by atoms with Crippen molar-refractivity contribution in [1.82, 2.24) is 5.32 Å². The van der Waals surface area contributed by atoms with Crippen LogP contribution in [0.3, 0.4) is 0 Å². The van der Waals surface area contributed by atoms with Gasteiger partial charge < -0.3 is 16.8 Å². The first-order valence-electron chi connectivity index (χ1n) is 8.36. The number of rotatable bonds is 1. The third-order valence-electron chi connectivity index (χ3n) is 4.52. The Bertz CT molecular complexity index is 537. The topological polar surface area (TPSA) is 64.1 Å². The number of allylic oxidation sites excluding steroid dienone is 3. The molecule has 1 aromatic carbocycles. The molecule has 1 heterocycles. The maximum atomic E-state index is 5.39. The van der Waals surface area contributed by atoms with Crippen LogP contribution in [0.4, 0.5) is 11.4 Å². The number of para-hydroxylation sites is 2. The van der Waals surface area contributed by atoms with Crippen LogP contribution < -0.4 is 16.8 Å². The third-order valence-corrected chi connectivity index (χ3v) is 4.52. The molecule has 1 aromatic rings. The Morgan fingerprint density at radius 1 is 1.14 bits per heavy atom. The molecule has 1 fully saturated rings. The molecule has 0 amide bonds. The first-order chi connectivity index (χ1) is 10.6. The summed E-state index contributed by atoms with van der Waals surface area (Å²) < 4.78 is 0. The highest BCUT2D eigenvalue weighted by Crippen LogP contribution is 2.31. The summed E-state index contributed by atoms with van der Waals surface area (Å²) in [7, 11) is 0. The molecular formula is C19H29N3. The summed E-state index contributed by atoms with van der Waals surface area (Å²) in [6, 6.07) is 7.25. The lowest BCUT2D eigenvalue weighted by Gasteiger charge is -2.22. The summed E-state index contributed by atoms with van der Waals surface area (Å²) in [5.41, 5.74) is 16.7. The van der Waals surface area contributed by atoms with E-state index in [4.69, 9.17) is 11.5 Å². The highest BCUT2D eigenvalue weighted by Gasteiger charge is 2.18. The van der Waals surface area contributed by atoms with E-state index in [1.54, 1.807) is 23.3 Å². The minimum Gasteiger partial charge on any atom is -0.397 e. The number of nitrogen functional groups attached to an aromatic ring is 2. The van der Waals surface area contributed by atoms with Gasteiger partial charge >= 0.3 is 0 Å². The Morgan fingerprint density at radius 3 is 2.41 bits per heavy atom. The minimum absolute atomic E-state index is 0.646. The zero-order chi connectivity index (χ0) is 15.9. The predicted molar refractivity (Wildman–Crippen MR) is 96.3 cm³/mol. The molecule has 1 atom stereocenters. The molecular weight excluding hydrogens is 270 g/mol. The molecule has 22 heavy (non-hydrogen) atoms. The van der Waals surface area contributed by atoms with Gasteiger partial charge in [-0.25, -0.2) is 0 Å². The van der Waals surface area contributed by atoms with Gasteiger partial charge in [0.1, 0.15) is 0 Å². The van der Waals surface area contributed by atoms with Crippen LogP contribution in [0.5, 0.6) is 0 Å². The van der Waals surface area contributed by atoms with Gasteiger partial charge in [-0.3, -0.25) is 0 Å². The number of piperidine rings is 1. The van der Waals surface area contributed by atoms with Crippen molar-refractivity contribution in [3.8, 4) is 0 Å². The molecule has 3 nitrogen and oxygen atoms in total. The number of anilines is 2. The molecule has 2 aliphatic rings. The Morgan fingerprint density at radius 2 is 1.82 bits per heavy atom. The average Bonchev–Trinajstić information content (AvgIpc) is 2.70. The number of hydrogen-bond acceptors (Lipinski definition) is 3. The maximum absolute atomic E-state index is 5.39. The van der Waals surface area contributed by atoms with Gasteiger partial charge in [-0.2, -0.15) is 0 Å². The van der Waals surface area contributed by atoms with Crippen molar-refractivity contribution in [2.45, 2.75) is 46.0 Å². The summed E-state index contributed by atoms with van der Waals surface area (Å²) >= 11 is 0. The van der Waals surface area contributed by atoms with Crippen molar-refractivity contribution in [3.63, 3.8) is 0 Å². The summed E-state index contributed by atoms with van der Waals surface area (Å²) in [6.45, 7) is 5.76. The largest absolute Gasteiger partial charge is 0.397 e. The molecule has 0 bridgehead atoms. The number of nitrogens with two attached hydrogens (primary N) is 2. The van der Waals surface area contributed by atoms with E-state index in [1.165, 1.54) is 44.3 Å². The van der Waals surface area contributed by atoms with E-state index in [0.717, 1.165) is 5.92 Å². The molecule has 0 saturated carbocycles. The summed E-state index contributed by atoms with van der Waals surface area (Å²) in [6.07, 6.45) is 9.04. The van der Waals surface area contributed by atoms with Crippen LogP contribution in [-0.2, 0) is 0 Å². The van der Waals surface area contributed by atoms with Crippen molar-refractivity contribution >= 4 is 11.4 Å². The lowest BCUT2D eigenvalue weighted by molar-refractivity contribution is 0.572.